The Hall–Kier alpha value is -2.30. The van der Waals surface area contributed by atoms with E-state index in [0.717, 1.165) is 6.39 Å². The molecule has 0 amide bonds. The summed E-state index contributed by atoms with van der Waals surface area (Å²) in [5.41, 5.74) is 0.959. The van der Waals surface area contributed by atoms with Crippen molar-refractivity contribution in [3.05, 3.63) is 36.4 Å². The van der Waals surface area contributed by atoms with Crippen LogP contribution in [-0.2, 0) is 0 Å². The van der Waals surface area contributed by atoms with Crippen LogP contribution in [0.2, 0.25) is 0 Å². The van der Waals surface area contributed by atoms with Gasteiger partial charge in [0, 0.05) is 5.56 Å². The van der Waals surface area contributed by atoms with Crippen LogP contribution in [0, 0.1) is 0 Å². The van der Waals surface area contributed by atoms with Gasteiger partial charge >= 0.3 is 5.97 Å². The average Bonchev–Trinajstić information content (AvgIpc) is 2.79. The molecule has 5 nitrogen and oxygen atoms in total. The third kappa shape index (κ3) is 2.28. The second-order valence-corrected chi connectivity index (χ2v) is 3.30. The van der Waals surface area contributed by atoms with Gasteiger partial charge in [0.1, 0.15) is 11.4 Å². The Labute approximate surface area is 97.7 Å². The number of carboxylic acid groups (broad SMARTS) is 1. The van der Waals surface area contributed by atoms with Crippen molar-refractivity contribution in [2.45, 2.75) is 6.92 Å². The molecule has 0 bridgehead atoms. The lowest BCUT2D eigenvalue weighted by Gasteiger charge is -2.04. The van der Waals surface area contributed by atoms with Gasteiger partial charge in [-0.1, -0.05) is 12.1 Å². The summed E-state index contributed by atoms with van der Waals surface area (Å²) in [5, 5.41) is 8.92. The highest BCUT2D eigenvalue weighted by Gasteiger charge is 2.17. The van der Waals surface area contributed by atoms with E-state index < -0.39 is 5.97 Å². The van der Waals surface area contributed by atoms with Gasteiger partial charge in [0.05, 0.1) is 6.61 Å². The first-order valence-corrected chi connectivity index (χ1v) is 5.12. The molecule has 0 aliphatic carbocycles. The second kappa shape index (κ2) is 4.69. The summed E-state index contributed by atoms with van der Waals surface area (Å²) in [5.74, 6) is -0.637. The molecular formula is C12H11NO4. The summed E-state index contributed by atoms with van der Waals surface area (Å²) in [4.78, 5) is 14.8. The van der Waals surface area contributed by atoms with Crippen LogP contribution < -0.4 is 4.74 Å². The smallest absolute Gasteiger partial charge is 0.374 e. The Morgan fingerprint density at radius 2 is 2.35 bits per heavy atom. The van der Waals surface area contributed by atoms with Gasteiger partial charge in [-0.15, -0.1) is 0 Å². The first-order chi connectivity index (χ1) is 8.22. The van der Waals surface area contributed by atoms with Crippen LogP contribution in [0.25, 0.3) is 11.3 Å². The Morgan fingerprint density at radius 1 is 1.53 bits per heavy atom. The fourth-order valence-corrected chi connectivity index (χ4v) is 1.50. The number of rotatable bonds is 4. The summed E-state index contributed by atoms with van der Waals surface area (Å²) in [6.45, 7) is 2.43. The van der Waals surface area contributed by atoms with Crippen LogP contribution in [-0.4, -0.2) is 22.7 Å². The topological polar surface area (TPSA) is 72.6 Å². The van der Waals surface area contributed by atoms with Gasteiger partial charge < -0.3 is 14.3 Å². The van der Waals surface area contributed by atoms with E-state index in [-0.39, 0.29) is 5.76 Å². The first-order valence-electron chi connectivity index (χ1n) is 5.12. The minimum Gasteiger partial charge on any atom is -0.494 e. The molecular weight excluding hydrogens is 222 g/mol. The van der Waals surface area contributed by atoms with E-state index in [0.29, 0.717) is 23.6 Å². The largest absolute Gasteiger partial charge is 0.494 e. The second-order valence-electron chi connectivity index (χ2n) is 3.30. The Morgan fingerprint density at radius 3 is 3.06 bits per heavy atom. The summed E-state index contributed by atoms with van der Waals surface area (Å²) in [7, 11) is 0. The third-order valence-electron chi connectivity index (χ3n) is 2.18. The SMILES string of the molecule is CCOc1cccc(-c2ncoc2C(=O)O)c1. The van der Waals surface area contributed by atoms with Crippen molar-refractivity contribution in [3.63, 3.8) is 0 Å². The van der Waals surface area contributed by atoms with Crippen molar-refractivity contribution in [1.82, 2.24) is 4.98 Å². The van der Waals surface area contributed by atoms with Crippen LogP contribution in [0.4, 0.5) is 0 Å². The number of carboxylic acids is 1. The highest BCUT2D eigenvalue weighted by Crippen LogP contribution is 2.25. The van der Waals surface area contributed by atoms with Crippen molar-refractivity contribution in [1.29, 1.82) is 0 Å². The van der Waals surface area contributed by atoms with E-state index in [4.69, 9.17) is 14.3 Å². The predicted octanol–water partition coefficient (Wildman–Crippen LogP) is 2.44. The minimum absolute atomic E-state index is 0.168. The lowest BCUT2D eigenvalue weighted by Crippen LogP contribution is -1.97. The maximum absolute atomic E-state index is 10.9. The van der Waals surface area contributed by atoms with Crippen LogP contribution in [0.1, 0.15) is 17.5 Å². The monoisotopic (exact) mass is 233 g/mol. The van der Waals surface area contributed by atoms with Gasteiger partial charge in [0.2, 0.25) is 5.76 Å². The summed E-state index contributed by atoms with van der Waals surface area (Å²) >= 11 is 0. The lowest BCUT2D eigenvalue weighted by molar-refractivity contribution is 0.0663. The van der Waals surface area contributed by atoms with Crippen molar-refractivity contribution < 1.29 is 19.1 Å². The number of benzene rings is 1. The minimum atomic E-state index is -1.14. The Kier molecular flexibility index (Phi) is 3.09. The maximum atomic E-state index is 10.9. The fraction of sp³-hybridized carbons (Fsp3) is 0.167. The molecule has 0 spiro atoms. The molecule has 1 N–H and O–H groups in total. The normalized spacial score (nSPS) is 10.2. The van der Waals surface area contributed by atoms with E-state index in [2.05, 4.69) is 4.98 Å². The number of hydrogen-bond donors (Lipinski definition) is 1. The van der Waals surface area contributed by atoms with Gasteiger partial charge in [-0.2, -0.15) is 0 Å². The van der Waals surface area contributed by atoms with Gasteiger partial charge in [-0.3, -0.25) is 0 Å². The van der Waals surface area contributed by atoms with Gasteiger partial charge in [0.15, 0.2) is 6.39 Å². The van der Waals surface area contributed by atoms with E-state index >= 15 is 0 Å². The highest BCUT2D eigenvalue weighted by molar-refractivity contribution is 5.91. The summed E-state index contributed by atoms with van der Waals surface area (Å²) < 4.78 is 10.2. The number of ether oxygens (including phenoxy) is 1. The molecule has 88 valence electrons. The Balaban J connectivity index is 2.42. The Bertz CT molecular complexity index is 533. The van der Waals surface area contributed by atoms with Crippen LogP contribution in [0.15, 0.2) is 35.1 Å². The predicted molar refractivity (Wildman–Crippen MR) is 60.1 cm³/mol. The van der Waals surface area contributed by atoms with E-state index in [1.807, 2.05) is 6.92 Å². The van der Waals surface area contributed by atoms with Gasteiger partial charge in [-0.05, 0) is 19.1 Å². The van der Waals surface area contributed by atoms with Crippen molar-refractivity contribution >= 4 is 5.97 Å². The number of nitrogens with zero attached hydrogens (tertiary/aromatic N) is 1. The third-order valence-corrected chi connectivity index (χ3v) is 2.18. The number of hydrogen-bond acceptors (Lipinski definition) is 4. The molecule has 17 heavy (non-hydrogen) atoms. The molecule has 5 heteroatoms. The van der Waals surface area contributed by atoms with E-state index in [1.54, 1.807) is 24.3 Å². The molecule has 0 aliphatic heterocycles. The van der Waals surface area contributed by atoms with Crippen LogP contribution in [0.3, 0.4) is 0 Å². The summed E-state index contributed by atoms with van der Waals surface area (Å²) in [6.07, 6.45) is 1.12. The molecule has 1 aromatic carbocycles. The average molecular weight is 233 g/mol. The molecule has 0 unspecified atom stereocenters. The standard InChI is InChI=1S/C12H11NO4/c1-2-16-9-5-3-4-8(6-9)10-11(12(14)15)17-7-13-10/h3-7H,2H2,1H3,(H,14,15). The zero-order valence-corrected chi connectivity index (χ0v) is 9.21. The molecule has 0 atom stereocenters. The molecule has 0 saturated carbocycles. The van der Waals surface area contributed by atoms with E-state index in [9.17, 15) is 4.79 Å². The molecule has 0 fully saturated rings. The highest BCUT2D eigenvalue weighted by atomic mass is 16.5. The number of carbonyl (C=O) groups is 1. The molecule has 0 saturated heterocycles. The molecule has 1 aromatic heterocycles. The van der Waals surface area contributed by atoms with Crippen molar-refractivity contribution in [2.24, 2.45) is 0 Å². The quantitative estimate of drug-likeness (QED) is 0.877. The first kappa shape index (κ1) is 11.2. The molecule has 0 radical (unpaired) electrons. The number of aromatic nitrogens is 1. The van der Waals surface area contributed by atoms with Crippen LogP contribution >= 0.6 is 0 Å². The molecule has 1 heterocycles. The van der Waals surface area contributed by atoms with Crippen molar-refractivity contribution in [3.8, 4) is 17.0 Å². The van der Waals surface area contributed by atoms with Crippen molar-refractivity contribution in [2.75, 3.05) is 6.61 Å². The maximum Gasteiger partial charge on any atom is 0.374 e. The zero-order chi connectivity index (χ0) is 12.3. The van der Waals surface area contributed by atoms with Gasteiger partial charge in [-0.25, -0.2) is 9.78 Å². The molecule has 2 rings (SSSR count). The lowest BCUT2D eigenvalue weighted by atomic mass is 10.1. The summed E-state index contributed by atoms with van der Waals surface area (Å²) in [6, 6.07) is 7.06. The number of oxazole rings is 1. The van der Waals surface area contributed by atoms with E-state index in [1.165, 1.54) is 0 Å². The fourth-order valence-electron chi connectivity index (χ4n) is 1.50. The van der Waals surface area contributed by atoms with Gasteiger partial charge in [0.25, 0.3) is 0 Å². The number of aromatic carboxylic acids is 1. The zero-order valence-electron chi connectivity index (χ0n) is 9.21. The van der Waals surface area contributed by atoms with Crippen LogP contribution in [0.5, 0.6) is 5.75 Å². The molecule has 2 aromatic rings. The molecule has 0 aliphatic rings.